The van der Waals surface area contributed by atoms with E-state index in [9.17, 15) is 0 Å². The van der Waals surface area contributed by atoms with E-state index in [4.69, 9.17) is 5.73 Å². The van der Waals surface area contributed by atoms with Crippen LogP contribution < -0.4 is 10.6 Å². The predicted molar refractivity (Wildman–Crippen MR) is 70.0 cm³/mol. The summed E-state index contributed by atoms with van der Waals surface area (Å²) >= 11 is 0. The molecule has 0 saturated heterocycles. The van der Waals surface area contributed by atoms with Crippen molar-refractivity contribution in [2.75, 3.05) is 25.0 Å². The molecule has 1 aromatic rings. The van der Waals surface area contributed by atoms with Gasteiger partial charge >= 0.3 is 0 Å². The van der Waals surface area contributed by atoms with E-state index in [0.717, 1.165) is 30.5 Å². The highest BCUT2D eigenvalue weighted by Gasteiger charge is 2.17. The maximum atomic E-state index is 5.52. The van der Waals surface area contributed by atoms with Gasteiger partial charge in [0, 0.05) is 26.2 Å². The quantitative estimate of drug-likeness (QED) is 0.812. The lowest BCUT2D eigenvalue weighted by Crippen LogP contribution is -2.24. The molecule has 1 saturated carbocycles. The fourth-order valence-corrected chi connectivity index (χ4v) is 2.12. The highest BCUT2D eigenvalue weighted by atomic mass is 15.2. The molecule has 17 heavy (non-hydrogen) atoms. The van der Waals surface area contributed by atoms with Crippen LogP contribution in [0, 0.1) is 5.92 Å². The lowest BCUT2D eigenvalue weighted by atomic mass is 9.83. The lowest BCUT2D eigenvalue weighted by Gasteiger charge is -2.28. The molecule has 0 unspecified atom stereocenters. The second-order valence-electron chi connectivity index (χ2n) is 4.88. The normalized spacial score (nSPS) is 15.6. The van der Waals surface area contributed by atoms with Gasteiger partial charge < -0.3 is 10.6 Å². The smallest absolute Gasteiger partial charge is 0.131 e. The molecular weight excluding hydrogens is 212 g/mol. The Morgan fingerprint density at radius 3 is 2.94 bits per heavy atom. The van der Waals surface area contributed by atoms with Crippen LogP contribution in [0.2, 0.25) is 0 Å². The van der Waals surface area contributed by atoms with Crippen molar-refractivity contribution in [1.29, 1.82) is 0 Å². The maximum absolute atomic E-state index is 5.52. The van der Waals surface area contributed by atoms with Gasteiger partial charge in [-0.15, -0.1) is 0 Å². The summed E-state index contributed by atoms with van der Waals surface area (Å²) in [5, 5.41) is 0. The summed E-state index contributed by atoms with van der Waals surface area (Å²) in [5.41, 5.74) is 5.52. The SMILES string of the molecule is CN(CCC1CCC1)c1ccnc(CCN)n1. The maximum Gasteiger partial charge on any atom is 0.131 e. The molecule has 0 atom stereocenters. The summed E-state index contributed by atoms with van der Waals surface area (Å²) in [6.07, 6.45) is 8.11. The van der Waals surface area contributed by atoms with Crippen LogP contribution in [0.1, 0.15) is 31.5 Å². The van der Waals surface area contributed by atoms with Crippen LogP contribution in [-0.4, -0.2) is 30.1 Å². The first-order valence-electron chi connectivity index (χ1n) is 6.52. The minimum Gasteiger partial charge on any atom is -0.360 e. The molecule has 0 radical (unpaired) electrons. The van der Waals surface area contributed by atoms with E-state index in [1.54, 1.807) is 0 Å². The largest absolute Gasteiger partial charge is 0.360 e. The highest BCUT2D eigenvalue weighted by molar-refractivity contribution is 5.36. The predicted octanol–water partition coefficient (Wildman–Crippen LogP) is 1.60. The van der Waals surface area contributed by atoms with E-state index < -0.39 is 0 Å². The molecule has 1 aliphatic carbocycles. The standard InChI is InChI=1S/C13H22N4/c1-17(10-7-11-3-2-4-11)13-6-9-15-12(16-13)5-8-14/h6,9,11H,2-5,7-8,10,14H2,1H3. The van der Waals surface area contributed by atoms with E-state index in [1.807, 2.05) is 12.3 Å². The van der Waals surface area contributed by atoms with Crippen molar-refractivity contribution in [3.8, 4) is 0 Å². The van der Waals surface area contributed by atoms with Crippen molar-refractivity contribution in [2.45, 2.75) is 32.1 Å². The number of nitrogens with two attached hydrogens (primary N) is 1. The Hall–Kier alpha value is -1.16. The fraction of sp³-hybridized carbons (Fsp3) is 0.692. The van der Waals surface area contributed by atoms with Crippen LogP contribution in [0.3, 0.4) is 0 Å². The molecule has 4 nitrogen and oxygen atoms in total. The summed E-state index contributed by atoms with van der Waals surface area (Å²) < 4.78 is 0. The van der Waals surface area contributed by atoms with Gasteiger partial charge in [0.2, 0.25) is 0 Å². The van der Waals surface area contributed by atoms with Crippen LogP contribution in [-0.2, 0) is 6.42 Å². The molecule has 1 heterocycles. The monoisotopic (exact) mass is 234 g/mol. The second-order valence-corrected chi connectivity index (χ2v) is 4.88. The molecule has 0 bridgehead atoms. The molecule has 1 aliphatic rings. The third-order valence-electron chi connectivity index (χ3n) is 3.55. The Balaban J connectivity index is 1.87. The van der Waals surface area contributed by atoms with Crippen molar-refractivity contribution in [3.63, 3.8) is 0 Å². The third kappa shape index (κ3) is 3.40. The first kappa shape index (κ1) is 12.3. The van der Waals surface area contributed by atoms with Gasteiger partial charge in [-0.25, -0.2) is 9.97 Å². The number of hydrogen-bond acceptors (Lipinski definition) is 4. The molecule has 94 valence electrons. The average Bonchev–Trinajstić information content (AvgIpc) is 2.27. The number of aromatic nitrogens is 2. The van der Waals surface area contributed by atoms with Crippen molar-refractivity contribution in [2.24, 2.45) is 11.7 Å². The van der Waals surface area contributed by atoms with Crippen LogP contribution in [0.15, 0.2) is 12.3 Å². The van der Waals surface area contributed by atoms with Gasteiger partial charge in [-0.2, -0.15) is 0 Å². The first-order chi connectivity index (χ1) is 8.29. The van der Waals surface area contributed by atoms with Gasteiger partial charge in [-0.1, -0.05) is 19.3 Å². The Morgan fingerprint density at radius 1 is 1.47 bits per heavy atom. The Morgan fingerprint density at radius 2 is 2.29 bits per heavy atom. The Kier molecular flexibility index (Phi) is 4.31. The van der Waals surface area contributed by atoms with Gasteiger partial charge in [-0.05, 0) is 24.9 Å². The summed E-state index contributed by atoms with van der Waals surface area (Å²) in [5.74, 6) is 2.81. The third-order valence-corrected chi connectivity index (χ3v) is 3.55. The van der Waals surface area contributed by atoms with E-state index in [-0.39, 0.29) is 0 Å². The minimum atomic E-state index is 0.606. The van der Waals surface area contributed by atoms with Crippen molar-refractivity contribution >= 4 is 5.82 Å². The average molecular weight is 234 g/mol. The molecule has 0 aromatic carbocycles. The molecule has 0 spiro atoms. The van der Waals surface area contributed by atoms with Crippen molar-refractivity contribution in [1.82, 2.24) is 9.97 Å². The fourth-order valence-electron chi connectivity index (χ4n) is 2.12. The van der Waals surface area contributed by atoms with Crippen LogP contribution in [0.5, 0.6) is 0 Å². The lowest BCUT2D eigenvalue weighted by molar-refractivity contribution is 0.299. The van der Waals surface area contributed by atoms with E-state index >= 15 is 0 Å². The molecule has 0 aliphatic heterocycles. The Labute approximate surface area is 103 Å². The van der Waals surface area contributed by atoms with Gasteiger partial charge in [0.25, 0.3) is 0 Å². The van der Waals surface area contributed by atoms with E-state index in [1.165, 1.54) is 25.7 Å². The van der Waals surface area contributed by atoms with Gasteiger partial charge in [0.15, 0.2) is 0 Å². The molecule has 1 aromatic heterocycles. The molecule has 0 amide bonds. The number of hydrogen-bond donors (Lipinski definition) is 1. The minimum absolute atomic E-state index is 0.606. The second kappa shape index (κ2) is 5.96. The molecule has 2 rings (SSSR count). The van der Waals surface area contributed by atoms with E-state index in [0.29, 0.717) is 6.54 Å². The zero-order valence-electron chi connectivity index (χ0n) is 10.6. The summed E-state index contributed by atoms with van der Waals surface area (Å²) in [6.45, 7) is 1.69. The highest BCUT2D eigenvalue weighted by Crippen LogP contribution is 2.29. The number of nitrogens with zero attached hydrogens (tertiary/aromatic N) is 3. The Bertz CT molecular complexity index is 349. The van der Waals surface area contributed by atoms with Crippen LogP contribution in [0.4, 0.5) is 5.82 Å². The first-order valence-corrected chi connectivity index (χ1v) is 6.52. The summed E-state index contributed by atoms with van der Waals surface area (Å²) in [6, 6.07) is 1.97. The zero-order chi connectivity index (χ0) is 12.1. The van der Waals surface area contributed by atoms with E-state index in [2.05, 4.69) is 21.9 Å². The van der Waals surface area contributed by atoms with Gasteiger partial charge in [-0.3, -0.25) is 0 Å². The number of anilines is 1. The van der Waals surface area contributed by atoms with Crippen LogP contribution in [0.25, 0.3) is 0 Å². The van der Waals surface area contributed by atoms with Crippen LogP contribution >= 0.6 is 0 Å². The van der Waals surface area contributed by atoms with Crippen molar-refractivity contribution < 1.29 is 0 Å². The molecule has 1 fully saturated rings. The van der Waals surface area contributed by atoms with Crippen molar-refractivity contribution in [3.05, 3.63) is 18.1 Å². The molecule has 2 N–H and O–H groups in total. The number of rotatable bonds is 6. The zero-order valence-corrected chi connectivity index (χ0v) is 10.6. The molecular formula is C13H22N4. The topological polar surface area (TPSA) is 55.0 Å². The van der Waals surface area contributed by atoms with Gasteiger partial charge in [0.05, 0.1) is 0 Å². The van der Waals surface area contributed by atoms with Gasteiger partial charge in [0.1, 0.15) is 11.6 Å². The summed E-state index contributed by atoms with van der Waals surface area (Å²) in [4.78, 5) is 11.0. The summed E-state index contributed by atoms with van der Waals surface area (Å²) in [7, 11) is 2.10. The molecule has 4 heteroatoms.